The van der Waals surface area contributed by atoms with Crippen LogP contribution in [0.5, 0.6) is 0 Å². The van der Waals surface area contributed by atoms with Crippen LogP contribution in [0, 0.1) is 5.92 Å². The molecule has 0 aromatic carbocycles. The van der Waals surface area contributed by atoms with Crippen molar-refractivity contribution in [3.63, 3.8) is 0 Å². The lowest BCUT2D eigenvalue weighted by atomic mass is 9.97. The van der Waals surface area contributed by atoms with Gasteiger partial charge in [0.2, 0.25) is 0 Å². The highest BCUT2D eigenvalue weighted by atomic mass is 16.7. The quantitative estimate of drug-likeness (QED) is 0.525. The Morgan fingerprint density at radius 2 is 2.20 bits per heavy atom. The standard InChI is InChI=1S/C7H12O3/c8-6-4-10-7-5(6)2-1-3-9-7/h5-8H,1-4H2/t5-,6?,7+/m0/s1. The number of hydrogen-bond acceptors (Lipinski definition) is 3. The van der Waals surface area contributed by atoms with Gasteiger partial charge in [0.05, 0.1) is 12.7 Å². The molecule has 0 radical (unpaired) electrons. The van der Waals surface area contributed by atoms with Crippen LogP contribution in [0.15, 0.2) is 0 Å². The minimum absolute atomic E-state index is 0.108. The lowest BCUT2D eigenvalue weighted by Crippen LogP contribution is -2.30. The fourth-order valence-corrected chi connectivity index (χ4v) is 1.64. The van der Waals surface area contributed by atoms with E-state index in [1.54, 1.807) is 0 Å². The SMILES string of the molecule is OC1CO[C@H]2OCCC[C@@H]12. The highest BCUT2D eigenvalue weighted by molar-refractivity contribution is 4.80. The Morgan fingerprint density at radius 3 is 3.00 bits per heavy atom. The molecule has 0 aromatic rings. The summed E-state index contributed by atoms with van der Waals surface area (Å²) < 4.78 is 10.5. The molecule has 1 N–H and O–H groups in total. The third-order valence-electron chi connectivity index (χ3n) is 2.24. The Kier molecular flexibility index (Phi) is 1.64. The first-order valence-electron chi connectivity index (χ1n) is 3.79. The number of hydrogen-bond donors (Lipinski definition) is 1. The predicted molar refractivity (Wildman–Crippen MR) is 34.4 cm³/mol. The summed E-state index contributed by atoms with van der Waals surface area (Å²) in [5.41, 5.74) is 0. The van der Waals surface area contributed by atoms with Crippen molar-refractivity contribution in [2.24, 2.45) is 5.92 Å². The van der Waals surface area contributed by atoms with Gasteiger partial charge in [-0.1, -0.05) is 0 Å². The molecule has 0 aliphatic carbocycles. The molecular weight excluding hydrogens is 132 g/mol. The number of aliphatic hydroxyl groups is 1. The monoisotopic (exact) mass is 144 g/mol. The van der Waals surface area contributed by atoms with E-state index < -0.39 is 0 Å². The smallest absolute Gasteiger partial charge is 0.163 e. The average Bonchev–Trinajstić information content (AvgIpc) is 2.34. The van der Waals surface area contributed by atoms with Crippen molar-refractivity contribution in [2.75, 3.05) is 13.2 Å². The first kappa shape index (κ1) is 6.58. The van der Waals surface area contributed by atoms with Crippen LogP contribution in [-0.2, 0) is 9.47 Å². The molecule has 2 heterocycles. The zero-order valence-electron chi connectivity index (χ0n) is 5.82. The summed E-state index contributed by atoms with van der Waals surface area (Å²) in [6.45, 7) is 1.24. The van der Waals surface area contributed by atoms with Gasteiger partial charge in [0.15, 0.2) is 6.29 Å². The minimum atomic E-state index is -0.287. The average molecular weight is 144 g/mol. The normalized spacial score (nSPS) is 47.1. The lowest BCUT2D eigenvalue weighted by Gasteiger charge is -2.25. The van der Waals surface area contributed by atoms with Gasteiger partial charge in [-0.3, -0.25) is 0 Å². The molecule has 0 spiro atoms. The van der Waals surface area contributed by atoms with E-state index >= 15 is 0 Å². The summed E-state index contributed by atoms with van der Waals surface area (Å²) in [7, 11) is 0. The van der Waals surface area contributed by atoms with E-state index in [2.05, 4.69) is 0 Å². The topological polar surface area (TPSA) is 38.7 Å². The minimum Gasteiger partial charge on any atom is -0.390 e. The molecule has 10 heavy (non-hydrogen) atoms. The van der Waals surface area contributed by atoms with Crippen molar-refractivity contribution in [2.45, 2.75) is 25.2 Å². The van der Waals surface area contributed by atoms with Crippen molar-refractivity contribution in [3.8, 4) is 0 Å². The second-order valence-corrected chi connectivity index (χ2v) is 2.95. The molecule has 0 bridgehead atoms. The van der Waals surface area contributed by atoms with Crippen LogP contribution in [-0.4, -0.2) is 30.7 Å². The van der Waals surface area contributed by atoms with Crippen LogP contribution in [0.25, 0.3) is 0 Å². The maximum Gasteiger partial charge on any atom is 0.163 e. The van der Waals surface area contributed by atoms with E-state index in [4.69, 9.17) is 9.47 Å². The number of ether oxygens (including phenoxy) is 2. The van der Waals surface area contributed by atoms with Gasteiger partial charge in [-0.2, -0.15) is 0 Å². The molecule has 58 valence electrons. The van der Waals surface area contributed by atoms with Gasteiger partial charge in [0, 0.05) is 12.5 Å². The van der Waals surface area contributed by atoms with Crippen molar-refractivity contribution in [1.29, 1.82) is 0 Å². The number of fused-ring (bicyclic) bond motifs is 1. The van der Waals surface area contributed by atoms with E-state index in [-0.39, 0.29) is 18.3 Å². The molecule has 3 atom stereocenters. The van der Waals surface area contributed by atoms with E-state index in [1.165, 1.54) is 0 Å². The molecule has 2 saturated heterocycles. The zero-order valence-corrected chi connectivity index (χ0v) is 5.82. The summed E-state index contributed by atoms with van der Waals surface area (Å²) >= 11 is 0. The van der Waals surface area contributed by atoms with Crippen molar-refractivity contribution in [3.05, 3.63) is 0 Å². The summed E-state index contributed by atoms with van der Waals surface area (Å²) in [6, 6.07) is 0. The predicted octanol–water partition coefficient (Wildman–Crippen LogP) is 0.130. The summed E-state index contributed by atoms with van der Waals surface area (Å²) in [5.74, 6) is 0.244. The Labute approximate surface area is 59.9 Å². The maximum atomic E-state index is 9.32. The van der Waals surface area contributed by atoms with Crippen molar-refractivity contribution in [1.82, 2.24) is 0 Å². The third kappa shape index (κ3) is 0.944. The van der Waals surface area contributed by atoms with Crippen molar-refractivity contribution < 1.29 is 14.6 Å². The molecule has 2 fully saturated rings. The largest absolute Gasteiger partial charge is 0.390 e. The molecule has 3 heteroatoms. The molecule has 2 aliphatic rings. The van der Waals surface area contributed by atoms with Crippen LogP contribution in [0.2, 0.25) is 0 Å². The second-order valence-electron chi connectivity index (χ2n) is 2.95. The highest BCUT2D eigenvalue weighted by Crippen LogP contribution is 2.30. The van der Waals surface area contributed by atoms with Crippen LogP contribution >= 0.6 is 0 Å². The van der Waals surface area contributed by atoms with E-state index in [0.29, 0.717) is 6.61 Å². The lowest BCUT2D eigenvalue weighted by molar-refractivity contribution is -0.152. The van der Waals surface area contributed by atoms with Gasteiger partial charge in [0.25, 0.3) is 0 Å². The Balaban J connectivity index is 2.01. The Hall–Kier alpha value is -0.120. The fraction of sp³-hybridized carbons (Fsp3) is 1.00. The molecule has 1 unspecified atom stereocenters. The van der Waals surface area contributed by atoms with E-state index in [9.17, 15) is 5.11 Å². The molecule has 0 saturated carbocycles. The number of aliphatic hydroxyl groups excluding tert-OH is 1. The Bertz CT molecular complexity index is 124. The van der Waals surface area contributed by atoms with Crippen LogP contribution < -0.4 is 0 Å². The van der Waals surface area contributed by atoms with Gasteiger partial charge in [-0.25, -0.2) is 0 Å². The summed E-state index contributed by atoms with van der Waals surface area (Å²) in [4.78, 5) is 0. The molecule has 2 rings (SSSR count). The second kappa shape index (κ2) is 2.49. The van der Waals surface area contributed by atoms with Crippen LogP contribution in [0.1, 0.15) is 12.8 Å². The summed E-state index contributed by atoms with van der Waals surface area (Å²) in [6.07, 6.45) is 1.71. The van der Waals surface area contributed by atoms with Gasteiger partial charge in [-0.05, 0) is 12.8 Å². The van der Waals surface area contributed by atoms with Crippen LogP contribution in [0.3, 0.4) is 0 Å². The first-order valence-corrected chi connectivity index (χ1v) is 3.79. The summed E-state index contributed by atoms with van der Waals surface area (Å²) in [5, 5.41) is 9.32. The maximum absolute atomic E-state index is 9.32. The zero-order chi connectivity index (χ0) is 6.97. The first-order chi connectivity index (χ1) is 4.88. The third-order valence-corrected chi connectivity index (χ3v) is 2.24. The molecular formula is C7H12O3. The Morgan fingerprint density at radius 1 is 1.30 bits per heavy atom. The molecule has 0 aromatic heterocycles. The van der Waals surface area contributed by atoms with Crippen molar-refractivity contribution >= 4 is 0 Å². The van der Waals surface area contributed by atoms with Gasteiger partial charge in [-0.15, -0.1) is 0 Å². The fourth-order valence-electron chi connectivity index (χ4n) is 1.64. The molecule has 3 nitrogen and oxygen atoms in total. The van der Waals surface area contributed by atoms with Gasteiger partial charge < -0.3 is 14.6 Å². The molecule has 2 aliphatic heterocycles. The van der Waals surface area contributed by atoms with E-state index in [0.717, 1.165) is 19.4 Å². The molecule has 0 amide bonds. The van der Waals surface area contributed by atoms with Crippen LogP contribution in [0.4, 0.5) is 0 Å². The van der Waals surface area contributed by atoms with Gasteiger partial charge in [0.1, 0.15) is 0 Å². The van der Waals surface area contributed by atoms with Gasteiger partial charge >= 0.3 is 0 Å². The van der Waals surface area contributed by atoms with E-state index in [1.807, 2.05) is 0 Å². The highest BCUT2D eigenvalue weighted by Gasteiger charge is 2.38. The number of rotatable bonds is 0.